The Kier molecular flexibility index (Phi) is 2.47. The molecule has 0 radical (unpaired) electrons. The van der Waals surface area contributed by atoms with Gasteiger partial charge in [-0.3, -0.25) is 4.79 Å². The van der Waals surface area contributed by atoms with Gasteiger partial charge in [0.1, 0.15) is 5.70 Å². The highest BCUT2D eigenvalue weighted by atomic mass is 19.3. The van der Waals surface area contributed by atoms with Crippen LogP contribution in [0.25, 0.3) is 0 Å². The van der Waals surface area contributed by atoms with E-state index in [0.717, 1.165) is 0 Å². The van der Waals surface area contributed by atoms with Crippen molar-refractivity contribution >= 4 is 5.91 Å². The van der Waals surface area contributed by atoms with Gasteiger partial charge < -0.3 is 4.90 Å². The zero-order valence-corrected chi connectivity index (χ0v) is 8.62. The number of amides is 1. The van der Waals surface area contributed by atoms with Gasteiger partial charge in [-0.2, -0.15) is 26.3 Å². The maximum atomic E-state index is 13.2. The van der Waals surface area contributed by atoms with Crippen molar-refractivity contribution in [1.29, 1.82) is 0 Å². The van der Waals surface area contributed by atoms with Gasteiger partial charge in [0.25, 0.3) is 0 Å². The van der Waals surface area contributed by atoms with E-state index >= 15 is 0 Å². The monoisotopic (exact) mass is 277 g/mol. The van der Waals surface area contributed by atoms with Crippen molar-refractivity contribution in [1.82, 2.24) is 4.90 Å². The highest BCUT2D eigenvalue weighted by Gasteiger charge is 2.82. The number of carbonyl (C=O) groups excluding carboxylic acids is 1. The molecule has 1 fully saturated rings. The smallest absolute Gasteiger partial charge is 0.308 e. The van der Waals surface area contributed by atoms with E-state index < -0.39 is 41.7 Å². The third-order valence-corrected chi connectivity index (χ3v) is 2.91. The lowest BCUT2D eigenvalue weighted by Gasteiger charge is -2.27. The maximum Gasteiger partial charge on any atom is 0.384 e. The van der Waals surface area contributed by atoms with Crippen molar-refractivity contribution in [3.8, 4) is 0 Å². The number of nitrogens with zero attached hydrogens (tertiary/aromatic N) is 1. The number of allylic oxidation sites excluding steroid dienone is 2. The van der Waals surface area contributed by atoms with Crippen molar-refractivity contribution in [3.05, 3.63) is 11.5 Å². The molecule has 0 aromatic carbocycles. The number of hydrogen-bond acceptors (Lipinski definition) is 1. The summed E-state index contributed by atoms with van der Waals surface area (Å²) in [5.74, 6) is -20.9. The lowest BCUT2D eigenvalue weighted by atomic mass is 10.1. The first kappa shape index (κ1) is 13.2. The Hall–Kier alpha value is -1.28. The molecule has 0 unspecified atom stereocenters. The van der Waals surface area contributed by atoms with Crippen molar-refractivity contribution < 1.29 is 35.5 Å². The van der Waals surface area contributed by atoms with Gasteiger partial charge >= 0.3 is 17.8 Å². The first-order valence-corrected chi connectivity index (χ1v) is 4.89. The highest BCUT2D eigenvalue weighted by molar-refractivity contribution is 5.80. The second-order valence-corrected chi connectivity index (χ2v) is 4.03. The van der Waals surface area contributed by atoms with E-state index in [2.05, 4.69) is 0 Å². The molecule has 9 heteroatoms. The molecule has 1 saturated heterocycles. The van der Waals surface area contributed by atoms with E-state index in [0.29, 0.717) is 0 Å². The van der Waals surface area contributed by atoms with Crippen LogP contribution in [0.15, 0.2) is 11.5 Å². The van der Waals surface area contributed by atoms with Gasteiger partial charge in [0.05, 0.1) is 0 Å². The summed E-state index contributed by atoms with van der Waals surface area (Å²) in [6.07, 6.45) is -0.257. The SMILES string of the molecule is O=C1CCCN1C1=C(F)C(F)(F)C(F)(F)C1(F)F. The summed E-state index contributed by atoms with van der Waals surface area (Å²) in [4.78, 5) is 11.1. The lowest BCUT2D eigenvalue weighted by molar-refractivity contribution is -0.270. The van der Waals surface area contributed by atoms with Gasteiger partial charge in [0.15, 0.2) is 0 Å². The Morgan fingerprint density at radius 3 is 1.89 bits per heavy atom. The number of rotatable bonds is 1. The molecule has 0 spiro atoms. The van der Waals surface area contributed by atoms with Crippen LogP contribution in [0.3, 0.4) is 0 Å². The minimum atomic E-state index is -5.89. The highest BCUT2D eigenvalue weighted by Crippen LogP contribution is 2.60. The van der Waals surface area contributed by atoms with Gasteiger partial charge in [-0.1, -0.05) is 0 Å². The van der Waals surface area contributed by atoms with Crippen LogP contribution >= 0.6 is 0 Å². The van der Waals surface area contributed by atoms with Gasteiger partial charge in [0, 0.05) is 13.0 Å². The van der Waals surface area contributed by atoms with E-state index in [9.17, 15) is 35.5 Å². The standard InChI is InChI=1S/C9H6F7NO/c10-5-6(17-3-1-2-4(17)18)8(13,14)9(15,16)7(5,11)12/h1-3H2. The van der Waals surface area contributed by atoms with Gasteiger partial charge in [0.2, 0.25) is 11.7 Å². The predicted octanol–water partition coefficient (Wildman–Crippen LogP) is 2.71. The predicted molar refractivity (Wildman–Crippen MR) is 43.9 cm³/mol. The summed E-state index contributed by atoms with van der Waals surface area (Å²) >= 11 is 0. The minimum Gasteiger partial charge on any atom is -0.308 e. The first-order chi connectivity index (χ1) is 8.05. The molecule has 0 saturated carbocycles. The zero-order chi connectivity index (χ0) is 13.9. The van der Waals surface area contributed by atoms with Crippen LogP contribution in [0.5, 0.6) is 0 Å². The van der Waals surface area contributed by atoms with Crippen molar-refractivity contribution in [2.75, 3.05) is 6.54 Å². The molecule has 0 atom stereocenters. The summed E-state index contributed by atoms with van der Waals surface area (Å²) in [6, 6.07) is 0. The summed E-state index contributed by atoms with van der Waals surface area (Å²) in [6.45, 7) is -0.483. The van der Waals surface area contributed by atoms with Crippen LogP contribution in [0.4, 0.5) is 30.7 Å². The average Bonchev–Trinajstić information content (AvgIpc) is 2.66. The fourth-order valence-electron chi connectivity index (χ4n) is 1.94. The molecule has 0 aromatic heterocycles. The van der Waals surface area contributed by atoms with Crippen LogP contribution in [0, 0.1) is 0 Å². The van der Waals surface area contributed by atoms with Crippen LogP contribution in [-0.2, 0) is 4.79 Å². The second kappa shape index (κ2) is 3.39. The molecule has 18 heavy (non-hydrogen) atoms. The minimum absolute atomic E-state index is 0.0167. The summed E-state index contributed by atoms with van der Waals surface area (Å²) in [5, 5.41) is 0. The molecule has 0 bridgehead atoms. The van der Waals surface area contributed by atoms with Gasteiger partial charge in [-0.05, 0) is 6.42 Å². The van der Waals surface area contributed by atoms with Crippen LogP contribution in [-0.4, -0.2) is 35.1 Å². The summed E-state index contributed by atoms with van der Waals surface area (Å²) < 4.78 is 91.0. The average molecular weight is 277 g/mol. The van der Waals surface area contributed by atoms with Crippen molar-refractivity contribution in [2.45, 2.75) is 30.6 Å². The third kappa shape index (κ3) is 1.27. The Morgan fingerprint density at radius 2 is 1.56 bits per heavy atom. The first-order valence-electron chi connectivity index (χ1n) is 4.89. The Morgan fingerprint density at radius 1 is 1.00 bits per heavy atom. The maximum absolute atomic E-state index is 13.2. The normalized spacial score (nSPS) is 29.3. The molecular formula is C9H6F7NO. The molecule has 2 aliphatic rings. The Labute approximate surface area is 96.0 Å². The number of likely N-dealkylation sites (tertiary alicyclic amines) is 1. The number of carbonyl (C=O) groups is 1. The molecule has 0 N–H and O–H groups in total. The topological polar surface area (TPSA) is 20.3 Å². The Bertz CT molecular complexity index is 442. The molecule has 1 amide bonds. The van der Waals surface area contributed by atoms with Crippen LogP contribution in [0.1, 0.15) is 12.8 Å². The molecule has 0 aromatic rings. The van der Waals surface area contributed by atoms with E-state index in [-0.39, 0.29) is 17.7 Å². The van der Waals surface area contributed by atoms with Crippen molar-refractivity contribution in [3.63, 3.8) is 0 Å². The molecule has 1 aliphatic heterocycles. The van der Waals surface area contributed by atoms with E-state index in [1.807, 2.05) is 0 Å². The quantitative estimate of drug-likeness (QED) is 0.675. The molecular weight excluding hydrogens is 271 g/mol. The molecule has 102 valence electrons. The third-order valence-electron chi connectivity index (χ3n) is 2.91. The lowest BCUT2D eigenvalue weighted by Crippen LogP contribution is -2.50. The number of alkyl halides is 6. The Balaban J connectivity index is 2.58. The van der Waals surface area contributed by atoms with E-state index in [1.54, 1.807) is 0 Å². The van der Waals surface area contributed by atoms with Crippen LogP contribution in [0.2, 0.25) is 0 Å². The van der Waals surface area contributed by atoms with E-state index in [4.69, 9.17) is 0 Å². The fraction of sp³-hybridized carbons (Fsp3) is 0.667. The largest absolute Gasteiger partial charge is 0.384 e. The molecule has 2 rings (SSSR count). The van der Waals surface area contributed by atoms with Gasteiger partial charge in [-0.15, -0.1) is 0 Å². The van der Waals surface area contributed by atoms with E-state index in [1.165, 1.54) is 0 Å². The van der Waals surface area contributed by atoms with Gasteiger partial charge in [-0.25, -0.2) is 4.39 Å². The summed E-state index contributed by atoms with van der Waals surface area (Å²) in [5.41, 5.74) is -2.21. The fourth-order valence-corrected chi connectivity index (χ4v) is 1.94. The second-order valence-electron chi connectivity index (χ2n) is 4.03. The molecule has 1 aliphatic carbocycles. The molecule has 2 nitrogen and oxygen atoms in total. The number of hydrogen-bond donors (Lipinski definition) is 0. The van der Waals surface area contributed by atoms with Crippen molar-refractivity contribution in [2.24, 2.45) is 0 Å². The summed E-state index contributed by atoms with van der Waals surface area (Å²) in [7, 11) is 0. The molecule has 1 heterocycles. The zero-order valence-electron chi connectivity index (χ0n) is 8.62. The number of halogens is 7. The van der Waals surface area contributed by atoms with Crippen LogP contribution < -0.4 is 0 Å².